The molecule has 4 nitrogen and oxygen atoms in total. The van der Waals surface area contributed by atoms with Crippen LogP contribution in [-0.4, -0.2) is 19.7 Å². The third-order valence-corrected chi connectivity index (χ3v) is 5.59. The summed E-state index contributed by atoms with van der Waals surface area (Å²) < 4.78 is 2.14. The summed E-state index contributed by atoms with van der Waals surface area (Å²) in [6.45, 7) is 6.26. The summed E-state index contributed by atoms with van der Waals surface area (Å²) in [5.41, 5.74) is 2.02. The summed E-state index contributed by atoms with van der Waals surface area (Å²) in [6, 6.07) is 8.14. The fourth-order valence-electron chi connectivity index (χ4n) is 2.31. The molecular weight excluding hydrogens is 348 g/mol. The van der Waals surface area contributed by atoms with Gasteiger partial charge in [-0.05, 0) is 26.8 Å². The Kier molecular flexibility index (Phi) is 5.04. The first-order valence-electron chi connectivity index (χ1n) is 7.30. The highest BCUT2D eigenvalue weighted by atomic mass is 35.5. The Labute approximate surface area is 148 Å². The van der Waals surface area contributed by atoms with Crippen molar-refractivity contribution in [3.8, 4) is 10.6 Å². The van der Waals surface area contributed by atoms with Gasteiger partial charge in [-0.15, -0.1) is 21.5 Å². The van der Waals surface area contributed by atoms with Crippen LogP contribution in [0.15, 0.2) is 34.8 Å². The average Bonchev–Trinajstić information content (AvgIpc) is 3.12. The van der Waals surface area contributed by atoms with Crippen LogP contribution in [0.2, 0.25) is 5.02 Å². The smallest absolute Gasteiger partial charge is 0.191 e. The molecule has 2 aromatic heterocycles. The van der Waals surface area contributed by atoms with Gasteiger partial charge in [0.05, 0.1) is 10.7 Å². The fraction of sp³-hybridized carbons (Fsp3) is 0.312. The molecule has 0 saturated carbocycles. The standard InChI is InChI=1S/C16H17ClN4S2/c1-10(2)21-11(3)19-20-16(21)23-9-12-8-22-15(18-12)13-6-4-5-7-14(13)17/h4-8,10H,9H2,1-3H3. The summed E-state index contributed by atoms with van der Waals surface area (Å²) in [4.78, 5) is 4.69. The van der Waals surface area contributed by atoms with E-state index < -0.39 is 0 Å². The zero-order chi connectivity index (χ0) is 16.4. The van der Waals surface area contributed by atoms with Gasteiger partial charge in [0.2, 0.25) is 0 Å². The SMILES string of the molecule is Cc1nnc(SCc2csc(-c3ccccc3Cl)n2)n1C(C)C. The van der Waals surface area contributed by atoms with Crippen molar-refractivity contribution in [1.82, 2.24) is 19.7 Å². The third-order valence-electron chi connectivity index (χ3n) is 3.36. The van der Waals surface area contributed by atoms with Gasteiger partial charge in [0.15, 0.2) is 5.16 Å². The van der Waals surface area contributed by atoms with Crippen molar-refractivity contribution in [3.63, 3.8) is 0 Å². The molecule has 0 aliphatic rings. The Bertz CT molecular complexity index is 810. The van der Waals surface area contributed by atoms with E-state index in [0.29, 0.717) is 6.04 Å². The van der Waals surface area contributed by atoms with Crippen LogP contribution >= 0.6 is 34.7 Å². The van der Waals surface area contributed by atoms with Crippen molar-refractivity contribution in [2.24, 2.45) is 0 Å². The quantitative estimate of drug-likeness (QED) is 0.581. The first-order chi connectivity index (χ1) is 11.1. The predicted molar refractivity (Wildman–Crippen MR) is 97.3 cm³/mol. The summed E-state index contributed by atoms with van der Waals surface area (Å²) in [5.74, 6) is 1.71. The lowest BCUT2D eigenvalue weighted by molar-refractivity contribution is 0.536. The summed E-state index contributed by atoms with van der Waals surface area (Å²) in [7, 11) is 0. The largest absolute Gasteiger partial charge is 0.304 e. The van der Waals surface area contributed by atoms with E-state index in [0.717, 1.165) is 38.0 Å². The zero-order valence-electron chi connectivity index (χ0n) is 13.2. The van der Waals surface area contributed by atoms with E-state index in [1.54, 1.807) is 23.1 Å². The van der Waals surface area contributed by atoms with E-state index in [9.17, 15) is 0 Å². The normalized spacial score (nSPS) is 11.3. The molecule has 0 amide bonds. The van der Waals surface area contributed by atoms with Crippen LogP contribution < -0.4 is 0 Å². The van der Waals surface area contributed by atoms with Gasteiger partial charge < -0.3 is 4.57 Å². The Morgan fingerprint density at radius 1 is 1.26 bits per heavy atom. The van der Waals surface area contributed by atoms with Crippen LogP contribution in [0.3, 0.4) is 0 Å². The van der Waals surface area contributed by atoms with Crippen LogP contribution in [0.5, 0.6) is 0 Å². The van der Waals surface area contributed by atoms with E-state index in [1.807, 2.05) is 31.2 Å². The lowest BCUT2D eigenvalue weighted by Gasteiger charge is -2.11. The third kappa shape index (κ3) is 3.59. The van der Waals surface area contributed by atoms with Crippen molar-refractivity contribution < 1.29 is 0 Å². The maximum Gasteiger partial charge on any atom is 0.191 e. The highest BCUT2D eigenvalue weighted by Gasteiger charge is 2.14. The number of thioether (sulfide) groups is 1. The van der Waals surface area contributed by atoms with Crippen molar-refractivity contribution in [1.29, 1.82) is 0 Å². The van der Waals surface area contributed by atoms with E-state index in [1.165, 1.54) is 0 Å². The molecule has 1 aromatic carbocycles. The molecule has 0 spiro atoms. The fourth-order valence-corrected chi connectivity index (χ4v) is 4.56. The molecule has 0 saturated heterocycles. The molecule has 0 fully saturated rings. The number of aryl methyl sites for hydroxylation is 1. The molecule has 120 valence electrons. The Morgan fingerprint density at radius 2 is 2.04 bits per heavy atom. The van der Waals surface area contributed by atoms with Crippen LogP contribution in [0.25, 0.3) is 10.6 Å². The minimum absolute atomic E-state index is 0.349. The maximum atomic E-state index is 6.24. The summed E-state index contributed by atoms with van der Waals surface area (Å²) in [6.07, 6.45) is 0. The molecular formula is C16H17ClN4S2. The van der Waals surface area contributed by atoms with Crippen molar-refractivity contribution in [3.05, 3.63) is 46.2 Å². The van der Waals surface area contributed by atoms with Crippen LogP contribution in [0, 0.1) is 6.92 Å². The topological polar surface area (TPSA) is 43.6 Å². The second-order valence-electron chi connectivity index (χ2n) is 5.41. The van der Waals surface area contributed by atoms with Crippen LogP contribution in [0.1, 0.15) is 31.4 Å². The molecule has 3 aromatic rings. The first-order valence-corrected chi connectivity index (χ1v) is 9.54. The number of thiazole rings is 1. The Balaban J connectivity index is 1.75. The monoisotopic (exact) mass is 364 g/mol. The predicted octanol–water partition coefficient (Wildman–Crippen LogP) is 5.24. The van der Waals surface area contributed by atoms with E-state index in [4.69, 9.17) is 16.6 Å². The van der Waals surface area contributed by atoms with E-state index >= 15 is 0 Å². The number of hydrogen-bond donors (Lipinski definition) is 0. The first kappa shape index (κ1) is 16.5. The van der Waals surface area contributed by atoms with Crippen LogP contribution in [-0.2, 0) is 5.75 Å². The Hall–Kier alpha value is -1.37. The van der Waals surface area contributed by atoms with Gasteiger partial charge in [0, 0.05) is 22.7 Å². The zero-order valence-corrected chi connectivity index (χ0v) is 15.5. The molecule has 0 N–H and O–H groups in total. The highest BCUT2D eigenvalue weighted by Crippen LogP contribution is 2.32. The molecule has 0 unspecified atom stereocenters. The van der Waals surface area contributed by atoms with Gasteiger partial charge in [-0.25, -0.2) is 4.98 Å². The van der Waals surface area contributed by atoms with Crippen molar-refractivity contribution >= 4 is 34.7 Å². The number of rotatable bonds is 5. The highest BCUT2D eigenvalue weighted by molar-refractivity contribution is 7.98. The van der Waals surface area contributed by atoms with Gasteiger partial charge >= 0.3 is 0 Å². The molecule has 0 aliphatic carbocycles. The molecule has 0 atom stereocenters. The summed E-state index contributed by atoms with van der Waals surface area (Å²) >= 11 is 9.52. The molecule has 2 heterocycles. The number of aromatic nitrogens is 4. The van der Waals surface area contributed by atoms with Gasteiger partial charge in [-0.2, -0.15) is 0 Å². The molecule has 0 aliphatic heterocycles. The Morgan fingerprint density at radius 3 is 2.78 bits per heavy atom. The molecule has 7 heteroatoms. The number of nitrogens with zero attached hydrogens (tertiary/aromatic N) is 4. The van der Waals surface area contributed by atoms with Gasteiger partial charge in [0.1, 0.15) is 10.8 Å². The minimum Gasteiger partial charge on any atom is -0.304 e. The van der Waals surface area contributed by atoms with Gasteiger partial charge in [0.25, 0.3) is 0 Å². The maximum absolute atomic E-state index is 6.24. The second-order valence-corrected chi connectivity index (χ2v) is 7.61. The van der Waals surface area contributed by atoms with Gasteiger partial charge in [-0.3, -0.25) is 0 Å². The summed E-state index contributed by atoms with van der Waals surface area (Å²) in [5, 5.41) is 13.1. The van der Waals surface area contributed by atoms with Crippen molar-refractivity contribution in [2.45, 2.75) is 37.7 Å². The number of benzene rings is 1. The molecule has 3 rings (SSSR count). The van der Waals surface area contributed by atoms with E-state index in [2.05, 4.69) is 34.0 Å². The lowest BCUT2D eigenvalue weighted by atomic mass is 10.2. The van der Waals surface area contributed by atoms with Gasteiger partial charge in [-0.1, -0.05) is 41.6 Å². The lowest BCUT2D eigenvalue weighted by Crippen LogP contribution is -2.04. The second kappa shape index (κ2) is 7.03. The van der Waals surface area contributed by atoms with Crippen molar-refractivity contribution in [2.75, 3.05) is 0 Å². The molecule has 0 bridgehead atoms. The number of hydrogen-bond acceptors (Lipinski definition) is 5. The average molecular weight is 365 g/mol. The van der Waals surface area contributed by atoms with Crippen LogP contribution in [0.4, 0.5) is 0 Å². The molecule has 23 heavy (non-hydrogen) atoms. The minimum atomic E-state index is 0.349. The number of halogens is 1. The molecule has 0 radical (unpaired) electrons. The van der Waals surface area contributed by atoms with E-state index in [-0.39, 0.29) is 0 Å².